The van der Waals surface area contributed by atoms with Gasteiger partial charge in [-0.25, -0.2) is 4.79 Å². The predicted molar refractivity (Wildman–Crippen MR) is 71.4 cm³/mol. The molecule has 0 aliphatic carbocycles. The number of nitrogens with zero attached hydrogens (tertiary/aromatic N) is 1. The van der Waals surface area contributed by atoms with Gasteiger partial charge in [0, 0.05) is 19.7 Å². The van der Waals surface area contributed by atoms with Gasteiger partial charge in [0.25, 0.3) is 0 Å². The minimum Gasteiger partial charge on any atom is -0.444 e. The minimum atomic E-state index is -0.441. The van der Waals surface area contributed by atoms with Crippen LogP contribution in [0.25, 0.3) is 0 Å². The molecule has 0 aromatic heterocycles. The van der Waals surface area contributed by atoms with Crippen molar-refractivity contribution in [2.75, 3.05) is 19.7 Å². The Labute approximate surface area is 110 Å². The molecule has 18 heavy (non-hydrogen) atoms. The lowest BCUT2D eigenvalue weighted by molar-refractivity contribution is -0.00760. The van der Waals surface area contributed by atoms with Crippen molar-refractivity contribution in [1.29, 1.82) is 0 Å². The lowest BCUT2D eigenvalue weighted by Gasteiger charge is -2.44. The number of aliphatic hydroxyl groups is 1. The maximum absolute atomic E-state index is 12.0. The third-order valence-electron chi connectivity index (χ3n) is 3.58. The Morgan fingerprint density at radius 2 is 2.06 bits per heavy atom. The first-order chi connectivity index (χ1) is 8.15. The van der Waals surface area contributed by atoms with Crippen LogP contribution in [0, 0.1) is 11.3 Å². The molecule has 1 aliphatic heterocycles. The molecule has 0 radical (unpaired) electrons. The number of carbonyl (C=O) groups is 1. The second-order valence-corrected chi connectivity index (χ2v) is 6.89. The maximum Gasteiger partial charge on any atom is 0.410 e. The number of likely N-dealkylation sites (tertiary alicyclic amines) is 1. The van der Waals surface area contributed by atoms with Crippen molar-refractivity contribution < 1.29 is 14.6 Å². The number of ether oxygens (including phenoxy) is 1. The molecule has 4 nitrogen and oxygen atoms in total. The van der Waals surface area contributed by atoms with Crippen LogP contribution in [0.1, 0.15) is 47.5 Å². The molecule has 1 N–H and O–H groups in total. The molecule has 0 aromatic rings. The van der Waals surface area contributed by atoms with E-state index in [1.54, 1.807) is 4.90 Å². The minimum absolute atomic E-state index is 0.0396. The third kappa shape index (κ3) is 4.16. The number of aliphatic hydroxyl groups excluding tert-OH is 1. The van der Waals surface area contributed by atoms with Gasteiger partial charge in [0.05, 0.1) is 0 Å². The van der Waals surface area contributed by atoms with Crippen molar-refractivity contribution in [1.82, 2.24) is 4.90 Å². The molecular weight excluding hydrogens is 230 g/mol. The van der Waals surface area contributed by atoms with Crippen LogP contribution in [0.4, 0.5) is 4.79 Å². The lowest BCUT2D eigenvalue weighted by Crippen LogP contribution is -2.49. The highest BCUT2D eigenvalue weighted by Gasteiger charge is 2.38. The number of amides is 1. The molecule has 106 valence electrons. The Kier molecular flexibility index (Phi) is 4.65. The highest BCUT2D eigenvalue weighted by molar-refractivity contribution is 5.68. The summed E-state index contributed by atoms with van der Waals surface area (Å²) in [5, 5.41) is 9.07. The van der Waals surface area contributed by atoms with Gasteiger partial charge in [-0.05, 0) is 44.9 Å². The van der Waals surface area contributed by atoms with Gasteiger partial charge in [0.1, 0.15) is 5.60 Å². The van der Waals surface area contributed by atoms with E-state index in [-0.39, 0.29) is 18.1 Å². The van der Waals surface area contributed by atoms with Crippen LogP contribution in [0.5, 0.6) is 0 Å². The van der Waals surface area contributed by atoms with E-state index in [4.69, 9.17) is 9.84 Å². The van der Waals surface area contributed by atoms with Crippen molar-refractivity contribution >= 4 is 6.09 Å². The first-order valence-electron chi connectivity index (χ1n) is 6.74. The van der Waals surface area contributed by atoms with Gasteiger partial charge in [0.2, 0.25) is 0 Å². The summed E-state index contributed by atoms with van der Waals surface area (Å²) in [4.78, 5) is 13.8. The normalized spacial score (nSPS) is 23.9. The fourth-order valence-electron chi connectivity index (χ4n) is 2.58. The molecule has 1 amide bonds. The quantitative estimate of drug-likeness (QED) is 0.827. The summed E-state index contributed by atoms with van der Waals surface area (Å²) in [6.45, 7) is 11.6. The van der Waals surface area contributed by atoms with Crippen molar-refractivity contribution in [2.45, 2.75) is 53.1 Å². The zero-order valence-electron chi connectivity index (χ0n) is 12.3. The molecule has 1 atom stereocenters. The summed E-state index contributed by atoms with van der Waals surface area (Å²) in [5.74, 6) is 0.473. The number of piperidine rings is 1. The lowest BCUT2D eigenvalue weighted by atomic mass is 9.72. The second kappa shape index (κ2) is 5.47. The summed E-state index contributed by atoms with van der Waals surface area (Å²) in [5.41, 5.74) is -0.402. The van der Waals surface area contributed by atoms with Crippen LogP contribution < -0.4 is 0 Å². The van der Waals surface area contributed by atoms with E-state index in [2.05, 4.69) is 13.8 Å². The third-order valence-corrected chi connectivity index (χ3v) is 3.58. The van der Waals surface area contributed by atoms with Gasteiger partial charge >= 0.3 is 6.09 Å². The van der Waals surface area contributed by atoms with Gasteiger partial charge < -0.3 is 14.7 Å². The molecule has 1 heterocycles. The van der Waals surface area contributed by atoms with E-state index in [0.29, 0.717) is 12.5 Å². The van der Waals surface area contributed by atoms with Crippen molar-refractivity contribution in [2.24, 2.45) is 11.3 Å². The van der Waals surface area contributed by atoms with Crippen LogP contribution in [-0.4, -0.2) is 41.4 Å². The SMILES string of the molecule is CC(C)(C)OC(=O)N1CCC(CCO)C(C)(C)C1. The molecule has 1 unspecified atom stereocenters. The van der Waals surface area contributed by atoms with E-state index in [1.165, 1.54) is 0 Å². The second-order valence-electron chi connectivity index (χ2n) is 6.89. The van der Waals surface area contributed by atoms with Crippen LogP contribution in [0.15, 0.2) is 0 Å². The smallest absolute Gasteiger partial charge is 0.410 e. The van der Waals surface area contributed by atoms with Crippen LogP contribution in [-0.2, 0) is 4.74 Å². The molecule has 1 aliphatic rings. The van der Waals surface area contributed by atoms with Crippen LogP contribution in [0.2, 0.25) is 0 Å². The highest BCUT2D eigenvalue weighted by Crippen LogP contribution is 2.37. The number of hydrogen-bond donors (Lipinski definition) is 1. The Morgan fingerprint density at radius 1 is 1.44 bits per heavy atom. The monoisotopic (exact) mass is 257 g/mol. The van der Waals surface area contributed by atoms with Gasteiger partial charge in [-0.1, -0.05) is 13.8 Å². The zero-order valence-corrected chi connectivity index (χ0v) is 12.3. The summed E-state index contributed by atoms with van der Waals surface area (Å²) < 4.78 is 5.40. The Morgan fingerprint density at radius 3 is 2.50 bits per heavy atom. The largest absolute Gasteiger partial charge is 0.444 e. The van der Waals surface area contributed by atoms with Crippen molar-refractivity contribution in [3.05, 3.63) is 0 Å². The van der Waals surface area contributed by atoms with Gasteiger partial charge in [-0.15, -0.1) is 0 Å². The van der Waals surface area contributed by atoms with E-state index < -0.39 is 5.60 Å². The molecule has 4 heteroatoms. The standard InChI is InChI=1S/C14H27NO3/c1-13(2,3)18-12(17)15-8-6-11(7-9-16)14(4,5)10-15/h11,16H,6-10H2,1-5H3. The fraction of sp³-hybridized carbons (Fsp3) is 0.929. The van der Waals surface area contributed by atoms with Crippen LogP contribution in [0.3, 0.4) is 0 Å². The Balaban J connectivity index is 2.60. The van der Waals surface area contributed by atoms with Crippen molar-refractivity contribution in [3.8, 4) is 0 Å². The van der Waals surface area contributed by atoms with Gasteiger partial charge in [-0.2, -0.15) is 0 Å². The highest BCUT2D eigenvalue weighted by atomic mass is 16.6. The first kappa shape index (κ1) is 15.3. The number of carbonyl (C=O) groups excluding carboxylic acids is 1. The molecule has 1 rings (SSSR count). The van der Waals surface area contributed by atoms with Crippen molar-refractivity contribution in [3.63, 3.8) is 0 Å². The molecular formula is C14H27NO3. The predicted octanol–water partition coefficient (Wildman–Crippen LogP) is 2.65. The number of hydrogen-bond acceptors (Lipinski definition) is 3. The van der Waals surface area contributed by atoms with E-state index in [1.807, 2.05) is 20.8 Å². The molecule has 0 bridgehead atoms. The zero-order chi connectivity index (χ0) is 14.0. The summed E-state index contributed by atoms with van der Waals surface area (Å²) >= 11 is 0. The molecule has 1 fully saturated rings. The Hall–Kier alpha value is -0.770. The molecule has 0 aromatic carbocycles. The first-order valence-corrected chi connectivity index (χ1v) is 6.74. The van der Waals surface area contributed by atoms with Gasteiger partial charge in [-0.3, -0.25) is 0 Å². The molecule has 0 spiro atoms. The van der Waals surface area contributed by atoms with E-state index in [0.717, 1.165) is 19.4 Å². The fourth-order valence-corrected chi connectivity index (χ4v) is 2.58. The van der Waals surface area contributed by atoms with E-state index >= 15 is 0 Å². The maximum atomic E-state index is 12.0. The Bertz CT molecular complexity index is 294. The summed E-state index contributed by atoms with van der Waals surface area (Å²) in [6, 6.07) is 0. The molecule has 0 saturated carbocycles. The molecule has 1 saturated heterocycles. The summed E-state index contributed by atoms with van der Waals surface area (Å²) in [6.07, 6.45) is 1.53. The van der Waals surface area contributed by atoms with E-state index in [9.17, 15) is 4.79 Å². The van der Waals surface area contributed by atoms with Crippen LogP contribution >= 0.6 is 0 Å². The average Bonchev–Trinajstić information content (AvgIpc) is 2.18. The number of rotatable bonds is 2. The summed E-state index contributed by atoms with van der Waals surface area (Å²) in [7, 11) is 0. The topological polar surface area (TPSA) is 49.8 Å². The van der Waals surface area contributed by atoms with Gasteiger partial charge in [0.15, 0.2) is 0 Å². The average molecular weight is 257 g/mol.